The van der Waals surface area contributed by atoms with Gasteiger partial charge in [0.15, 0.2) is 0 Å². The van der Waals surface area contributed by atoms with Gasteiger partial charge in [-0.25, -0.2) is 4.98 Å². The van der Waals surface area contributed by atoms with Crippen molar-refractivity contribution in [1.29, 1.82) is 0 Å². The number of rotatable bonds is 2. The molecule has 2 aromatic rings. The molecule has 1 atom stereocenters. The van der Waals surface area contributed by atoms with E-state index in [9.17, 15) is 9.59 Å². The van der Waals surface area contributed by atoms with Gasteiger partial charge in [-0.2, -0.15) is 0 Å². The van der Waals surface area contributed by atoms with E-state index < -0.39 is 11.9 Å². The first-order valence-electron chi connectivity index (χ1n) is 6.63. The number of halogens is 1. The molecule has 1 aliphatic rings. The summed E-state index contributed by atoms with van der Waals surface area (Å²) in [6, 6.07) is 8.86. The van der Waals surface area contributed by atoms with Crippen molar-refractivity contribution in [2.75, 3.05) is 13.1 Å². The molecule has 1 aliphatic heterocycles. The minimum Gasteiger partial charge on any atom is -0.481 e. The Morgan fingerprint density at radius 1 is 1.33 bits per heavy atom. The van der Waals surface area contributed by atoms with Gasteiger partial charge in [-0.1, -0.05) is 29.8 Å². The maximum Gasteiger partial charge on any atom is 0.308 e. The number of carbonyl (C=O) groups excluding carboxylic acids is 1. The van der Waals surface area contributed by atoms with E-state index in [0.717, 1.165) is 5.39 Å². The Morgan fingerprint density at radius 3 is 2.81 bits per heavy atom. The molecule has 1 unspecified atom stereocenters. The average molecular weight is 305 g/mol. The molecule has 1 saturated heterocycles. The predicted octanol–water partition coefficient (Wildman–Crippen LogP) is 2.43. The highest BCUT2D eigenvalue weighted by atomic mass is 35.5. The summed E-state index contributed by atoms with van der Waals surface area (Å²) in [4.78, 5) is 29.2. The average Bonchev–Trinajstić information content (AvgIpc) is 2.96. The third-order valence-electron chi connectivity index (χ3n) is 3.71. The molecule has 1 N–H and O–H groups in total. The van der Waals surface area contributed by atoms with Crippen LogP contribution in [0, 0.1) is 5.92 Å². The first kappa shape index (κ1) is 13.8. The molecule has 1 amide bonds. The third kappa shape index (κ3) is 2.56. The topological polar surface area (TPSA) is 70.5 Å². The molecule has 6 heteroatoms. The van der Waals surface area contributed by atoms with Crippen LogP contribution in [0.2, 0.25) is 5.02 Å². The maximum atomic E-state index is 12.4. The van der Waals surface area contributed by atoms with Crippen molar-refractivity contribution in [3.05, 3.63) is 41.0 Å². The molecule has 0 bridgehead atoms. The first-order valence-corrected chi connectivity index (χ1v) is 7.01. The number of carboxylic acid groups (broad SMARTS) is 1. The second-order valence-corrected chi connectivity index (χ2v) is 5.49. The van der Waals surface area contributed by atoms with Crippen LogP contribution < -0.4 is 0 Å². The number of pyridine rings is 1. The number of likely N-dealkylation sites (tertiary alicyclic amines) is 1. The van der Waals surface area contributed by atoms with Crippen LogP contribution in [-0.4, -0.2) is 40.0 Å². The number of para-hydroxylation sites is 1. The summed E-state index contributed by atoms with van der Waals surface area (Å²) in [5, 5.41) is 10.3. The van der Waals surface area contributed by atoms with E-state index in [-0.39, 0.29) is 18.1 Å². The van der Waals surface area contributed by atoms with Crippen LogP contribution >= 0.6 is 11.6 Å². The van der Waals surface area contributed by atoms with Crippen molar-refractivity contribution >= 4 is 34.4 Å². The predicted molar refractivity (Wildman–Crippen MR) is 78.4 cm³/mol. The van der Waals surface area contributed by atoms with Crippen molar-refractivity contribution in [3.63, 3.8) is 0 Å². The first-order chi connectivity index (χ1) is 10.1. The van der Waals surface area contributed by atoms with E-state index in [1.165, 1.54) is 4.90 Å². The molecule has 3 rings (SSSR count). The van der Waals surface area contributed by atoms with Crippen LogP contribution in [-0.2, 0) is 4.79 Å². The lowest BCUT2D eigenvalue weighted by Crippen LogP contribution is -2.30. The van der Waals surface area contributed by atoms with Gasteiger partial charge in [-0.15, -0.1) is 0 Å². The second kappa shape index (κ2) is 5.33. The molecule has 108 valence electrons. The fourth-order valence-electron chi connectivity index (χ4n) is 2.55. The molecule has 0 saturated carbocycles. The Kier molecular flexibility index (Phi) is 3.51. The second-order valence-electron chi connectivity index (χ2n) is 5.08. The summed E-state index contributed by atoms with van der Waals surface area (Å²) < 4.78 is 0. The van der Waals surface area contributed by atoms with Crippen LogP contribution in [0.15, 0.2) is 30.3 Å². The number of nitrogens with zero attached hydrogens (tertiary/aromatic N) is 2. The number of fused-ring (bicyclic) bond motifs is 1. The fourth-order valence-corrected chi connectivity index (χ4v) is 2.81. The van der Waals surface area contributed by atoms with E-state index in [0.29, 0.717) is 23.5 Å². The van der Waals surface area contributed by atoms with Gasteiger partial charge in [0.1, 0.15) is 5.69 Å². The van der Waals surface area contributed by atoms with Crippen molar-refractivity contribution in [2.24, 2.45) is 5.92 Å². The van der Waals surface area contributed by atoms with Gasteiger partial charge in [0.25, 0.3) is 5.91 Å². The van der Waals surface area contributed by atoms with Crippen LogP contribution in [0.3, 0.4) is 0 Å². The number of aliphatic carboxylic acids is 1. The van der Waals surface area contributed by atoms with Gasteiger partial charge < -0.3 is 10.0 Å². The van der Waals surface area contributed by atoms with Crippen molar-refractivity contribution in [2.45, 2.75) is 6.42 Å². The number of carbonyl (C=O) groups is 2. The van der Waals surface area contributed by atoms with Gasteiger partial charge in [0.2, 0.25) is 0 Å². The van der Waals surface area contributed by atoms with Crippen LogP contribution in [0.4, 0.5) is 0 Å². The minimum absolute atomic E-state index is 0.223. The Morgan fingerprint density at radius 2 is 2.10 bits per heavy atom. The van der Waals surface area contributed by atoms with Gasteiger partial charge in [0, 0.05) is 18.5 Å². The van der Waals surface area contributed by atoms with Gasteiger partial charge in [-0.3, -0.25) is 9.59 Å². The fraction of sp³-hybridized carbons (Fsp3) is 0.267. The highest BCUT2D eigenvalue weighted by Gasteiger charge is 2.31. The van der Waals surface area contributed by atoms with Crippen molar-refractivity contribution in [1.82, 2.24) is 9.88 Å². The number of hydrogen-bond donors (Lipinski definition) is 1. The summed E-state index contributed by atoms with van der Waals surface area (Å²) >= 11 is 6.19. The molecule has 1 aromatic carbocycles. The molecule has 21 heavy (non-hydrogen) atoms. The summed E-state index contributed by atoms with van der Waals surface area (Å²) in [5.41, 5.74) is 0.909. The molecule has 2 heterocycles. The highest BCUT2D eigenvalue weighted by Crippen LogP contribution is 2.25. The molecule has 1 aromatic heterocycles. The van der Waals surface area contributed by atoms with Crippen molar-refractivity contribution < 1.29 is 14.7 Å². The number of hydrogen-bond acceptors (Lipinski definition) is 3. The lowest BCUT2D eigenvalue weighted by atomic mass is 10.1. The SMILES string of the molecule is O=C(O)C1CCN(C(=O)c2cc(Cl)c3ccccc3n2)C1. The van der Waals surface area contributed by atoms with E-state index >= 15 is 0 Å². The molecule has 0 aliphatic carbocycles. The largest absolute Gasteiger partial charge is 0.481 e. The van der Waals surface area contributed by atoms with Gasteiger partial charge in [0.05, 0.1) is 16.5 Å². The zero-order chi connectivity index (χ0) is 15.0. The summed E-state index contributed by atoms with van der Waals surface area (Å²) in [6.07, 6.45) is 0.475. The maximum absolute atomic E-state index is 12.4. The summed E-state index contributed by atoms with van der Waals surface area (Å²) in [7, 11) is 0. The van der Waals surface area contributed by atoms with E-state index in [4.69, 9.17) is 16.7 Å². The number of carboxylic acids is 1. The lowest BCUT2D eigenvalue weighted by molar-refractivity contribution is -0.141. The standard InChI is InChI=1S/C15H13ClN2O3/c16-11-7-13(17-12-4-2-1-3-10(11)12)14(19)18-6-5-9(8-18)15(20)21/h1-4,7,9H,5-6,8H2,(H,20,21). The molecular weight excluding hydrogens is 292 g/mol. The quantitative estimate of drug-likeness (QED) is 0.925. The Balaban J connectivity index is 1.90. The highest BCUT2D eigenvalue weighted by molar-refractivity contribution is 6.35. The number of benzene rings is 1. The molecule has 5 nitrogen and oxygen atoms in total. The lowest BCUT2D eigenvalue weighted by Gasteiger charge is -2.15. The molecule has 1 fully saturated rings. The van der Waals surface area contributed by atoms with E-state index in [2.05, 4.69) is 4.98 Å². The van der Waals surface area contributed by atoms with Gasteiger partial charge in [-0.05, 0) is 18.6 Å². The molecular formula is C15H13ClN2O3. The zero-order valence-electron chi connectivity index (χ0n) is 11.1. The summed E-state index contributed by atoms with van der Waals surface area (Å²) in [5.74, 6) is -1.63. The minimum atomic E-state index is -0.866. The summed E-state index contributed by atoms with van der Waals surface area (Å²) in [6.45, 7) is 0.655. The Hall–Kier alpha value is -2.14. The van der Waals surface area contributed by atoms with Crippen LogP contribution in [0.5, 0.6) is 0 Å². The molecule has 0 radical (unpaired) electrons. The van der Waals surface area contributed by atoms with E-state index in [1.54, 1.807) is 12.1 Å². The third-order valence-corrected chi connectivity index (χ3v) is 4.02. The van der Waals surface area contributed by atoms with E-state index in [1.807, 2.05) is 18.2 Å². The van der Waals surface area contributed by atoms with Crippen LogP contribution in [0.25, 0.3) is 10.9 Å². The Bertz CT molecular complexity index is 732. The normalized spacial score (nSPS) is 18.1. The zero-order valence-corrected chi connectivity index (χ0v) is 11.9. The number of aromatic nitrogens is 1. The number of amides is 1. The van der Waals surface area contributed by atoms with Gasteiger partial charge >= 0.3 is 5.97 Å². The smallest absolute Gasteiger partial charge is 0.308 e. The monoisotopic (exact) mass is 304 g/mol. The Labute approximate surface area is 126 Å². The van der Waals surface area contributed by atoms with Crippen molar-refractivity contribution in [3.8, 4) is 0 Å². The van der Waals surface area contributed by atoms with Crippen LogP contribution in [0.1, 0.15) is 16.9 Å². The molecule has 0 spiro atoms.